The predicted molar refractivity (Wildman–Crippen MR) is 82.4 cm³/mol. The van der Waals surface area contributed by atoms with Crippen molar-refractivity contribution in [2.75, 3.05) is 11.1 Å². The number of nitrogens with one attached hydrogen (secondary N) is 1. The number of anilines is 2. The van der Waals surface area contributed by atoms with E-state index in [0.717, 1.165) is 15.6 Å². The van der Waals surface area contributed by atoms with Crippen LogP contribution in [0.5, 0.6) is 0 Å². The molecule has 2 aromatic carbocycles. The van der Waals surface area contributed by atoms with E-state index < -0.39 is 0 Å². The molecule has 0 unspecified atom stereocenters. The molecular formula is C15H15BrN2O. The fourth-order valence-corrected chi connectivity index (χ4v) is 2.31. The number of nitrogens with two attached hydrogens (primary N) is 1. The lowest BCUT2D eigenvalue weighted by molar-refractivity contribution is 0.102. The lowest BCUT2D eigenvalue weighted by Gasteiger charge is -2.12. The monoisotopic (exact) mass is 318 g/mol. The van der Waals surface area contributed by atoms with E-state index in [1.807, 2.05) is 38.1 Å². The second-order valence-corrected chi connectivity index (χ2v) is 5.22. The molecule has 19 heavy (non-hydrogen) atoms. The summed E-state index contributed by atoms with van der Waals surface area (Å²) in [4.78, 5) is 12.3. The van der Waals surface area contributed by atoms with Crippen LogP contribution in [0.15, 0.2) is 40.9 Å². The summed E-state index contributed by atoms with van der Waals surface area (Å²) in [6.07, 6.45) is 0. The van der Waals surface area contributed by atoms with Crippen LogP contribution in [0.25, 0.3) is 0 Å². The van der Waals surface area contributed by atoms with Crippen molar-refractivity contribution in [2.45, 2.75) is 13.8 Å². The van der Waals surface area contributed by atoms with Crippen LogP contribution >= 0.6 is 15.9 Å². The number of hydrogen-bond donors (Lipinski definition) is 2. The number of halogens is 1. The average molecular weight is 319 g/mol. The molecule has 98 valence electrons. The summed E-state index contributed by atoms with van der Waals surface area (Å²) in [5.74, 6) is -0.170. The molecule has 0 atom stereocenters. The highest BCUT2D eigenvalue weighted by atomic mass is 79.9. The quantitative estimate of drug-likeness (QED) is 0.825. The van der Waals surface area contributed by atoms with Crippen molar-refractivity contribution in [3.8, 4) is 0 Å². The summed E-state index contributed by atoms with van der Waals surface area (Å²) in [5.41, 5.74) is 9.68. The van der Waals surface area contributed by atoms with Crippen LogP contribution in [0.4, 0.5) is 11.4 Å². The second kappa shape index (κ2) is 5.45. The van der Waals surface area contributed by atoms with Crippen LogP contribution in [-0.4, -0.2) is 5.91 Å². The molecule has 0 saturated heterocycles. The number of carbonyl (C=O) groups is 1. The number of amides is 1. The van der Waals surface area contributed by atoms with Gasteiger partial charge in [-0.3, -0.25) is 4.79 Å². The molecule has 0 spiro atoms. The third-order valence-electron chi connectivity index (χ3n) is 2.98. The molecular weight excluding hydrogens is 304 g/mol. The van der Waals surface area contributed by atoms with E-state index in [9.17, 15) is 4.79 Å². The molecule has 3 nitrogen and oxygen atoms in total. The van der Waals surface area contributed by atoms with Gasteiger partial charge in [-0.15, -0.1) is 0 Å². The Labute approximate surface area is 121 Å². The van der Waals surface area contributed by atoms with Crippen molar-refractivity contribution in [1.82, 2.24) is 0 Å². The van der Waals surface area contributed by atoms with Gasteiger partial charge in [-0.05, 0) is 53.0 Å². The first kappa shape index (κ1) is 13.6. The van der Waals surface area contributed by atoms with Gasteiger partial charge in [0.2, 0.25) is 0 Å². The van der Waals surface area contributed by atoms with Crippen LogP contribution in [0.1, 0.15) is 21.5 Å². The molecule has 0 heterocycles. The molecule has 2 rings (SSSR count). The molecule has 0 aliphatic carbocycles. The van der Waals surface area contributed by atoms with E-state index in [-0.39, 0.29) is 5.91 Å². The molecule has 4 heteroatoms. The third kappa shape index (κ3) is 2.79. The molecule has 0 radical (unpaired) electrons. The Balaban J connectivity index is 2.34. The zero-order valence-corrected chi connectivity index (χ0v) is 12.4. The van der Waals surface area contributed by atoms with Crippen molar-refractivity contribution in [3.63, 3.8) is 0 Å². The molecule has 1 amide bonds. The number of para-hydroxylation sites is 1. The molecule has 0 aromatic heterocycles. The SMILES string of the molecule is Cc1cccc(C(=O)Nc2c(C)cccc2N)c1Br. The maximum Gasteiger partial charge on any atom is 0.256 e. The van der Waals surface area contributed by atoms with Crippen LogP contribution < -0.4 is 11.1 Å². The normalized spacial score (nSPS) is 10.3. The predicted octanol–water partition coefficient (Wildman–Crippen LogP) is 3.90. The maximum absolute atomic E-state index is 12.3. The van der Waals surface area contributed by atoms with Crippen LogP contribution in [0, 0.1) is 13.8 Å². The molecule has 0 saturated carbocycles. The molecule has 0 bridgehead atoms. The Morgan fingerprint density at radius 2 is 1.74 bits per heavy atom. The Hall–Kier alpha value is -1.81. The lowest BCUT2D eigenvalue weighted by Crippen LogP contribution is -2.15. The first-order valence-corrected chi connectivity index (χ1v) is 6.71. The highest BCUT2D eigenvalue weighted by molar-refractivity contribution is 9.10. The fourth-order valence-electron chi connectivity index (χ4n) is 1.86. The fraction of sp³-hybridized carbons (Fsp3) is 0.133. The van der Waals surface area contributed by atoms with E-state index in [0.29, 0.717) is 16.9 Å². The van der Waals surface area contributed by atoms with E-state index in [4.69, 9.17) is 5.73 Å². The van der Waals surface area contributed by atoms with Gasteiger partial charge in [-0.2, -0.15) is 0 Å². The van der Waals surface area contributed by atoms with Gasteiger partial charge in [0.15, 0.2) is 0 Å². The Morgan fingerprint density at radius 3 is 2.42 bits per heavy atom. The maximum atomic E-state index is 12.3. The highest BCUT2D eigenvalue weighted by Crippen LogP contribution is 2.26. The van der Waals surface area contributed by atoms with Crippen LogP contribution in [0.3, 0.4) is 0 Å². The van der Waals surface area contributed by atoms with E-state index in [1.54, 1.807) is 12.1 Å². The van der Waals surface area contributed by atoms with Crippen molar-refractivity contribution in [2.24, 2.45) is 0 Å². The van der Waals surface area contributed by atoms with Crippen LogP contribution in [0.2, 0.25) is 0 Å². The Morgan fingerprint density at radius 1 is 1.11 bits per heavy atom. The zero-order valence-electron chi connectivity index (χ0n) is 10.8. The van der Waals surface area contributed by atoms with Crippen molar-refractivity contribution >= 4 is 33.2 Å². The van der Waals surface area contributed by atoms with Gasteiger partial charge in [0, 0.05) is 4.47 Å². The first-order chi connectivity index (χ1) is 9.00. The van der Waals surface area contributed by atoms with E-state index in [2.05, 4.69) is 21.2 Å². The van der Waals surface area contributed by atoms with Crippen LogP contribution in [-0.2, 0) is 0 Å². The largest absolute Gasteiger partial charge is 0.397 e. The zero-order chi connectivity index (χ0) is 14.0. The van der Waals surface area contributed by atoms with Gasteiger partial charge in [-0.25, -0.2) is 0 Å². The minimum atomic E-state index is -0.170. The number of hydrogen-bond acceptors (Lipinski definition) is 2. The van der Waals surface area contributed by atoms with Gasteiger partial charge in [-0.1, -0.05) is 24.3 Å². The number of nitrogen functional groups attached to an aromatic ring is 1. The summed E-state index contributed by atoms with van der Waals surface area (Å²) in [5, 5.41) is 2.87. The number of benzene rings is 2. The van der Waals surface area contributed by atoms with Gasteiger partial charge >= 0.3 is 0 Å². The van der Waals surface area contributed by atoms with Crippen molar-refractivity contribution < 1.29 is 4.79 Å². The third-order valence-corrected chi connectivity index (χ3v) is 4.03. The van der Waals surface area contributed by atoms with E-state index in [1.165, 1.54) is 0 Å². The topological polar surface area (TPSA) is 55.1 Å². The molecule has 0 fully saturated rings. The highest BCUT2D eigenvalue weighted by Gasteiger charge is 2.13. The molecule has 0 aliphatic heterocycles. The summed E-state index contributed by atoms with van der Waals surface area (Å²) < 4.78 is 0.805. The smallest absolute Gasteiger partial charge is 0.256 e. The van der Waals surface area contributed by atoms with Gasteiger partial charge in [0.1, 0.15) is 0 Å². The second-order valence-electron chi connectivity index (χ2n) is 4.43. The Kier molecular flexibility index (Phi) is 3.90. The lowest BCUT2D eigenvalue weighted by atomic mass is 10.1. The summed E-state index contributed by atoms with van der Waals surface area (Å²) in [6.45, 7) is 3.86. The van der Waals surface area contributed by atoms with E-state index >= 15 is 0 Å². The number of carbonyl (C=O) groups excluding carboxylic acids is 1. The van der Waals surface area contributed by atoms with Crippen molar-refractivity contribution in [1.29, 1.82) is 0 Å². The summed E-state index contributed by atoms with van der Waals surface area (Å²) in [7, 11) is 0. The van der Waals surface area contributed by atoms with Gasteiger partial charge in [0.25, 0.3) is 5.91 Å². The molecule has 0 aliphatic rings. The average Bonchev–Trinajstić information content (AvgIpc) is 2.37. The van der Waals surface area contributed by atoms with Crippen molar-refractivity contribution in [3.05, 3.63) is 57.6 Å². The molecule has 3 N–H and O–H groups in total. The molecule has 2 aromatic rings. The van der Waals surface area contributed by atoms with Gasteiger partial charge in [0.05, 0.1) is 16.9 Å². The number of aryl methyl sites for hydroxylation is 2. The minimum absolute atomic E-state index is 0.170. The summed E-state index contributed by atoms with van der Waals surface area (Å²) >= 11 is 3.44. The first-order valence-electron chi connectivity index (χ1n) is 5.92. The van der Waals surface area contributed by atoms with Gasteiger partial charge < -0.3 is 11.1 Å². The Bertz CT molecular complexity index is 618. The standard InChI is InChI=1S/C15H15BrN2O/c1-9-5-3-7-11(13(9)16)15(19)18-14-10(2)6-4-8-12(14)17/h3-8H,17H2,1-2H3,(H,18,19). The number of rotatable bonds is 2. The summed E-state index contributed by atoms with van der Waals surface area (Å²) in [6, 6.07) is 11.1. The minimum Gasteiger partial charge on any atom is -0.397 e.